The van der Waals surface area contributed by atoms with Crippen molar-refractivity contribution in [3.05, 3.63) is 59.5 Å². The van der Waals surface area contributed by atoms with E-state index in [1.165, 1.54) is 6.07 Å². The van der Waals surface area contributed by atoms with Gasteiger partial charge in [0.2, 0.25) is 10.0 Å². The minimum atomic E-state index is -3.36. The highest BCUT2D eigenvalue weighted by Crippen LogP contribution is 2.40. The lowest BCUT2D eigenvalue weighted by atomic mass is 9.99. The number of aromatic nitrogens is 1. The molecule has 0 amide bonds. The normalized spacial score (nSPS) is 23.3. The number of halogens is 1. The van der Waals surface area contributed by atoms with Gasteiger partial charge in [-0.05, 0) is 60.7 Å². The van der Waals surface area contributed by atoms with Crippen LogP contribution < -0.4 is 14.2 Å². The van der Waals surface area contributed by atoms with Gasteiger partial charge in [-0.3, -0.25) is 4.90 Å². The van der Waals surface area contributed by atoms with Crippen molar-refractivity contribution in [2.24, 2.45) is 0 Å². The molecule has 0 bridgehead atoms. The maximum absolute atomic E-state index is 14.3. The predicted octanol–water partition coefficient (Wildman–Crippen LogP) is 3.48. The van der Waals surface area contributed by atoms with Gasteiger partial charge in [-0.2, -0.15) is 0 Å². The number of H-pyrrole nitrogens is 1. The SMILES string of the molecule is O=S(=O)(NC1CCN(Cc2cc(F)cc3cc[nH]c23)C1c1ccc2c(c1)OCCO2)C1CC1. The van der Waals surface area contributed by atoms with Crippen LogP contribution in [0.1, 0.15) is 36.4 Å². The average Bonchev–Trinajstić information content (AvgIpc) is 3.46. The van der Waals surface area contributed by atoms with Crippen LogP contribution in [-0.2, 0) is 16.6 Å². The molecular formula is C24H26FN3O4S. The lowest BCUT2D eigenvalue weighted by molar-refractivity contribution is 0.170. The first-order valence-electron chi connectivity index (χ1n) is 11.4. The molecule has 6 rings (SSSR count). The van der Waals surface area contributed by atoms with Crippen LogP contribution in [0.5, 0.6) is 11.5 Å². The molecule has 2 N–H and O–H groups in total. The number of benzene rings is 2. The Morgan fingerprint density at radius 2 is 1.88 bits per heavy atom. The zero-order chi connectivity index (χ0) is 22.6. The summed E-state index contributed by atoms with van der Waals surface area (Å²) in [5, 5.41) is 0.542. The quantitative estimate of drug-likeness (QED) is 0.575. The summed E-state index contributed by atoms with van der Waals surface area (Å²) in [5.41, 5.74) is 2.71. The molecule has 2 aliphatic heterocycles. The van der Waals surface area contributed by atoms with E-state index < -0.39 is 10.0 Å². The van der Waals surface area contributed by atoms with Gasteiger partial charge >= 0.3 is 0 Å². The number of sulfonamides is 1. The number of likely N-dealkylation sites (tertiary alicyclic amines) is 1. The van der Waals surface area contributed by atoms with Crippen molar-refractivity contribution < 1.29 is 22.3 Å². The number of hydrogen-bond acceptors (Lipinski definition) is 5. The second-order valence-corrected chi connectivity index (χ2v) is 11.1. The summed E-state index contributed by atoms with van der Waals surface area (Å²) in [6.45, 7) is 2.18. The topological polar surface area (TPSA) is 83.7 Å². The molecule has 7 nitrogen and oxygen atoms in total. The number of hydrogen-bond donors (Lipinski definition) is 2. The van der Waals surface area contributed by atoms with Crippen LogP contribution in [0.25, 0.3) is 10.9 Å². The summed E-state index contributed by atoms with van der Waals surface area (Å²) in [6, 6.07) is 10.3. The fraction of sp³-hybridized carbons (Fsp3) is 0.417. The van der Waals surface area contributed by atoms with Crippen molar-refractivity contribution in [1.82, 2.24) is 14.6 Å². The Balaban J connectivity index is 1.36. The summed E-state index contributed by atoms with van der Waals surface area (Å²) in [7, 11) is -3.36. The highest BCUT2D eigenvalue weighted by atomic mass is 32.2. The monoisotopic (exact) mass is 471 g/mol. The van der Waals surface area contributed by atoms with Crippen molar-refractivity contribution in [3.8, 4) is 11.5 Å². The molecule has 9 heteroatoms. The first-order chi connectivity index (χ1) is 16.0. The van der Waals surface area contributed by atoms with E-state index in [-0.39, 0.29) is 23.2 Å². The molecule has 0 radical (unpaired) electrons. The third kappa shape index (κ3) is 3.98. The summed E-state index contributed by atoms with van der Waals surface area (Å²) in [4.78, 5) is 5.44. The molecule has 2 atom stereocenters. The summed E-state index contributed by atoms with van der Waals surface area (Å²) in [5.74, 6) is 1.09. The second-order valence-electron chi connectivity index (χ2n) is 9.08. The molecule has 2 aromatic carbocycles. The van der Waals surface area contributed by atoms with E-state index in [4.69, 9.17) is 9.47 Å². The smallest absolute Gasteiger partial charge is 0.214 e. The maximum atomic E-state index is 14.3. The molecule has 3 heterocycles. The van der Waals surface area contributed by atoms with E-state index >= 15 is 0 Å². The van der Waals surface area contributed by atoms with Crippen molar-refractivity contribution in [3.63, 3.8) is 0 Å². The molecule has 2 unspecified atom stereocenters. The van der Waals surface area contributed by atoms with Gasteiger partial charge in [-0.15, -0.1) is 0 Å². The van der Waals surface area contributed by atoms with Gasteiger partial charge in [-0.1, -0.05) is 6.07 Å². The van der Waals surface area contributed by atoms with Crippen LogP contribution in [-0.4, -0.2) is 49.4 Å². The molecule has 33 heavy (non-hydrogen) atoms. The summed E-state index contributed by atoms with van der Waals surface area (Å²) >= 11 is 0. The Bertz CT molecular complexity index is 1300. The molecule has 0 spiro atoms. The number of nitrogens with zero attached hydrogens (tertiary/aromatic N) is 1. The van der Waals surface area contributed by atoms with Crippen molar-refractivity contribution in [2.45, 2.75) is 43.1 Å². The summed E-state index contributed by atoms with van der Waals surface area (Å²) < 4.78 is 54.3. The Morgan fingerprint density at radius 3 is 2.70 bits per heavy atom. The van der Waals surface area contributed by atoms with E-state index in [2.05, 4.69) is 14.6 Å². The van der Waals surface area contributed by atoms with Gasteiger partial charge in [-0.25, -0.2) is 17.5 Å². The van der Waals surface area contributed by atoms with Crippen LogP contribution >= 0.6 is 0 Å². The van der Waals surface area contributed by atoms with E-state index in [9.17, 15) is 12.8 Å². The third-order valence-electron chi connectivity index (χ3n) is 6.77. The molecule has 1 saturated carbocycles. The molecule has 2 fully saturated rings. The number of nitrogens with one attached hydrogen (secondary N) is 2. The zero-order valence-electron chi connectivity index (χ0n) is 18.1. The van der Waals surface area contributed by atoms with Gasteiger partial charge in [0, 0.05) is 30.7 Å². The maximum Gasteiger partial charge on any atom is 0.214 e. The summed E-state index contributed by atoms with van der Waals surface area (Å²) in [6.07, 6.45) is 3.92. The highest BCUT2D eigenvalue weighted by molar-refractivity contribution is 7.90. The highest BCUT2D eigenvalue weighted by Gasteiger charge is 2.42. The lowest BCUT2D eigenvalue weighted by Crippen LogP contribution is -2.41. The predicted molar refractivity (Wildman–Crippen MR) is 122 cm³/mol. The number of aromatic amines is 1. The van der Waals surface area contributed by atoms with Gasteiger partial charge < -0.3 is 14.5 Å². The Hall–Kier alpha value is -2.62. The minimum Gasteiger partial charge on any atom is -0.486 e. The molecule has 1 saturated heterocycles. The molecule has 1 aromatic heterocycles. The van der Waals surface area contributed by atoms with Gasteiger partial charge in [0.15, 0.2) is 11.5 Å². The van der Waals surface area contributed by atoms with Gasteiger partial charge in [0.1, 0.15) is 19.0 Å². The van der Waals surface area contributed by atoms with E-state index in [1.807, 2.05) is 30.5 Å². The fourth-order valence-corrected chi connectivity index (χ4v) is 6.70. The van der Waals surface area contributed by atoms with E-state index in [0.29, 0.717) is 57.1 Å². The average molecular weight is 472 g/mol. The van der Waals surface area contributed by atoms with E-state index in [0.717, 1.165) is 22.0 Å². The number of ether oxygens (including phenoxy) is 2. The van der Waals surface area contributed by atoms with Crippen molar-refractivity contribution in [1.29, 1.82) is 0 Å². The van der Waals surface area contributed by atoms with Gasteiger partial charge in [0.05, 0.1) is 16.8 Å². The first-order valence-corrected chi connectivity index (χ1v) is 12.9. The third-order valence-corrected chi connectivity index (χ3v) is 8.75. The Morgan fingerprint density at radius 1 is 1.06 bits per heavy atom. The van der Waals surface area contributed by atoms with Crippen LogP contribution in [0.15, 0.2) is 42.6 Å². The first kappa shape index (κ1) is 20.9. The lowest BCUT2D eigenvalue weighted by Gasteiger charge is -2.30. The van der Waals surface area contributed by atoms with Crippen LogP contribution in [0.3, 0.4) is 0 Å². The molecule has 3 aromatic rings. The molecule has 174 valence electrons. The minimum absolute atomic E-state index is 0.206. The second kappa shape index (κ2) is 8.00. The molecule has 1 aliphatic carbocycles. The van der Waals surface area contributed by atoms with Crippen molar-refractivity contribution in [2.75, 3.05) is 19.8 Å². The van der Waals surface area contributed by atoms with E-state index in [1.54, 1.807) is 6.07 Å². The zero-order valence-corrected chi connectivity index (χ0v) is 18.9. The van der Waals surface area contributed by atoms with Crippen LogP contribution in [0.2, 0.25) is 0 Å². The molecule has 3 aliphatic rings. The van der Waals surface area contributed by atoms with Crippen LogP contribution in [0, 0.1) is 5.82 Å². The number of rotatable bonds is 6. The van der Waals surface area contributed by atoms with Crippen LogP contribution in [0.4, 0.5) is 4.39 Å². The standard InChI is InChI=1S/C24H26FN3O4S/c25-18-11-15-5-7-26-23(15)17(12-18)14-28-8-6-20(27-33(29,30)19-2-3-19)24(28)16-1-4-21-22(13-16)32-10-9-31-21/h1,4-5,7,11-13,19-20,24,26-27H,2-3,6,8-10,14H2. The van der Waals surface area contributed by atoms with Crippen molar-refractivity contribution >= 4 is 20.9 Å². The fourth-order valence-electron chi connectivity index (χ4n) is 5.08. The molecular weight excluding hydrogens is 445 g/mol. The number of fused-ring (bicyclic) bond motifs is 2. The largest absolute Gasteiger partial charge is 0.486 e. The van der Waals surface area contributed by atoms with Gasteiger partial charge in [0.25, 0.3) is 0 Å². The Kier molecular flexibility index (Phi) is 5.08. The Labute approximate surface area is 191 Å².